The molecule has 10 heteroatoms. The van der Waals surface area contributed by atoms with Crippen LogP contribution in [0.3, 0.4) is 0 Å². The number of urea groups is 1. The molecular weight excluding hydrogens is 392 g/mol. The molecule has 1 aromatic rings. The number of likely N-dealkylation sites (tertiary alicyclic amines) is 1. The number of anilines is 2. The van der Waals surface area contributed by atoms with Crippen molar-refractivity contribution >= 4 is 27.5 Å². The fraction of sp³-hybridized carbons (Fsp3) is 0.737. The van der Waals surface area contributed by atoms with E-state index in [1.807, 2.05) is 30.0 Å². The second kappa shape index (κ2) is 7.97. The highest BCUT2D eigenvalue weighted by atomic mass is 32.2. The first kappa shape index (κ1) is 20.2. The zero-order chi connectivity index (χ0) is 20.6. The van der Waals surface area contributed by atoms with E-state index in [-0.39, 0.29) is 23.6 Å². The van der Waals surface area contributed by atoms with E-state index >= 15 is 0 Å². The zero-order valence-electron chi connectivity index (χ0n) is 17.1. The van der Waals surface area contributed by atoms with E-state index < -0.39 is 9.84 Å². The van der Waals surface area contributed by atoms with Crippen molar-refractivity contribution in [1.29, 1.82) is 0 Å². The number of hydrogen-bond donors (Lipinski definition) is 1. The maximum absolute atomic E-state index is 12.6. The Bertz CT molecular complexity index is 849. The Morgan fingerprint density at radius 3 is 2.31 bits per heavy atom. The molecule has 0 radical (unpaired) electrons. The number of nitrogens with zero attached hydrogens (tertiary/aromatic N) is 5. The Morgan fingerprint density at radius 2 is 1.72 bits per heavy atom. The van der Waals surface area contributed by atoms with Crippen molar-refractivity contribution in [3.63, 3.8) is 0 Å². The van der Waals surface area contributed by atoms with Gasteiger partial charge in [-0.15, -0.1) is 0 Å². The Balaban J connectivity index is 1.36. The maximum atomic E-state index is 12.6. The smallest absolute Gasteiger partial charge is 0.317 e. The molecule has 1 saturated carbocycles. The van der Waals surface area contributed by atoms with Crippen molar-refractivity contribution < 1.29 is 13.2 Å². The first-order valence-electron chi connectivity index (χ1n) is 10.4. The SMILES string of the molecule is CN(C)c1cc(N(C2CC2)C2CCN(C(=O)NC3CCS(=O)(=O)C3)CC2)ncn1. The van der Waals surface area contributed by atoms with Gasteiger partial charge in [0.1, 0.15) is 18.0 Å². The van der Waals surface area contributed by atoms with Crippen LogP contribution in [0.2, 0.25) is 0 Å². The van der Waals surface area contributed by atoms with Crippen LogP contribution >= 0.6 is 0 Å². The minimum absolute atomic E-state index is 0.0621. The van der Waals surface area contributed by atoms with Crippen molar-refractivity contribution in [1.82, 2.24) is 20.2 Å². The average Bonchev–Trinajstić information content (AvgIpc) is 3.46. The van der Waals surface area contributed by atoms with Crippen LogP contribution in [0.5, 0.6) is 0 Å². The maximum Gasteiger partial charge on any atom is 0.317 e. The van der Waals surface area contributed by atoms with Crippen LogP contribution in [0.1, 0.15) is 32.1 Å². The Kier molecular flexibility index (Phi) is 5.54. The molecule has 1 atom stereocenters. The van der Waals surface area contributed by atoms with Gasteiger partial charge in [-0.05, 0) is 32.1 Å². The molecule has 160 valence electrons. The molecule has 4 rings (SSSR count). The molecule has 3 fully saturated rings. The highest BCUT2D eigenvalue weighted by molar-refractivity contribution is 7.91. The van der Waals surface area contributed by atoms with Crippen molar-refractivity contribution in [3.8, 4) is 0 Å². The summed E-state index contributed by atoms with van der Waals surface area (Å²) < 4.78 is 23.2. The highest BCUT2D eigenvalue weighted by Crippen LogP contribution is 2.36. The number of aromatic nitrogens is 2. The predicted octanol–water partition coefficient (Wildman–Crippen LogP) is 0.873. The third-order valence-electron chi connectivity index (χ3n) is 6.01. The van der Waals surface area contributed by atoms with Crippen molar-refractivity contribution in [3.05, 3.63) is 12.4 Å². The second-order valence-corrected chi connectivity index (χ2v) is 10.8. The summed E-state index contributed by atoms with van der Waals surface area (Å²) in [5.74, 6) is 2.09. The van der Waals surface area contributed by atoms with E-state index in [2.05, 4.69) is 20.2 Å². The van der Waals surface area contributed by atoms with Gasteiger partial charge < -0.3 is 20.0 Å². The molecule has 3 heterocycles. The van der Waals surface area contributed by atoms with Gasteiger partial charge in [-0.2, -0.15) is 0 Å². The summed E-state index contributed by atoms with van der Waals surface area (Å²) >= 11 is 0. The Morgan fingerprint density at radius 1 is 1.07 bits per heavy atom. The van der Waals surface area contributed by atoms with Crippen molar-refractivity contribution in [2.75, 3.05) is 48.5 Å². The third-order valence-corrected chi connectivity index (χ3v) is 7.77. The fourth-order valence-corrected chi connectivity index (χ4v) is 5.94. The van der Waals surface area contributed by atoms with Crippen LogP contribution in [0, 0.1) is 0 Å². The van der Waals surface area contributed by atoms with Crippen LogP contribution in [-0.2, 0) is 9.84 Å². The lowest BCUT2D eigenvalue weighted by Gasteiger charge is -2.39. The van der Waals surface area contributed by atoms with Crippen LogP contribution < -0.4 is 15.1 Å². The normalized spacial score (nSPS) is 24.3. The number of nitrogens with one attached hydrogen (secondary N) is 1. The number of piperidine rings is 1. The summed E-state index contributed by atoms with van der Waals surface area (Å²) in [6.07, 6.45) is 6.26. The second-order valence-electron chi connectivity index (χ2n) is 8.53. The van der Waals surface area contributed by atoms with E-state index in [1.54, 1.807) is 6.33 Å². The molecule has 9 nitrogen and oxygen atoms in total. The van der Waals surface area contributed by atoms with Gasteiger partial charge >= 0.3 is 6.03 Å². The minimum atomic E-state index is -2.99. The van der Waals surface area contributed by atoms with Gasteiger partial charge in [-0.25, -0.2) is 23.2 Å². The topological polar surface area (TPSA) is 98.7 Å². The molecule has 0 bridgehead atoms. The molecule has 3 aliphatic rings. The lowest BCUT2D eigenvalue weighted by atomic mass is 10.0. The molecule has 1 unspecified atom stereocenters. The summed E-state index contributed by atoms with van der Waals surface area (Å²) in [7, 11) is 0.955. The lowest BCUT2D eigenvalue weighted by Crippen LogP contribution is -2.52. The van der Waals surface area contributed by atoms with Gasteiger partial charge in [0.2, 0.25) is 0 Å². The fourth-order valence-electron chi connectivity index (χ4n) is 4.27. The van der Waals surface area contributed by atoms with Crippen LogP contribution in [0.25, 0.3) is 0 Å². The molecule has 0 aromatic carbocycles. The van der Waals surface area contributed by atoms with E-state index in [4.69, 9.17) is 0 Å². The van der Waals surface area contributed by atoms with Gasteiger partial charge in [0.25, 0.3) is 0 Å². The van der Waals surface area contributed by atoms with E-state index in [9.17, 15) is 13.2 Å². The molecule has 2 amide bonds. The molecule has 0 spiro atoms. The minimum Gasteiger partial charge on any atom is -0.363 e. The van der Waals surface area contributed by atoms with Crippen LogP contribution in [-0.4, -0.2) is 86.1 Å². The number of carbonyl (C=O) groups is 1. The summed E-state index contributed by atoms with van der Waals surface area (Å²) in [5, 5.41) is 2.90. The standard InChI is InChI=1S/C19H30N6O3S/c1-23(2)17-11-18(21-13-20-17)25(15-3-4-15)16-5-8-24(9-6-16)19(26)22-14-7-10-29(27,28)12-14/h11,13-16H,3-10,12H2,1-2H3,(H,22,26). The largest absolute Gasteiger partial charge is 0.363 e. The molecule has 2 saturated heterocycles. The Labute approximate surface area is 172 Å². The Hall–Kier alpha value is -2.10. The molecule has 1 aliphatic carbocycles. The number of amides is 2. The summed E-state index contributed by atoms with van der Waals surface area (Å²) in [6, 6.07) is 2.52. The zero-order valence-corrected chi connectivity index (χ0v) is 17.9. The predicted molar refractivity (Wildman–Crippen MR) is 112 cm³/mol. The van der Waals surface area contributed by atoms with E-state index in [1.165, 1.54) is 12.8 Å². The summed E-state index contributed by atoms with van der Waals surface area (Å²) in [5.41, 5.74) is 0. The molecule has 29 heavy (non-hydrogen) atoms. The first-order valence-corrected chi connectivity index (χ1v) is 12.2. The third kappa shape index (κ3) is 4.73. The summed E-state index contributed by atoms with van der Waals surface area (Å²) in [4.78, 5) is 27.6. The quantitative estimate of drug-likeness (QED) is 0.752. The summed E-state index contributed by atoms with van der Waals surface area (Å²) in [6.45, 7) is 1.34. The monoisotopic (exact) mass is 422 g/mol. The number of sulfone groups is 1. The highest BCUT2D eigenvalue weighted by Gasteiger charge is 2.38. The molecular formula is C19H30N6O3S. The van der Waals surface area contributed by atoms with E-state index in [0.29, 0.717) is 31.6 Å². The van der Waals surface area contributed by atoms with Crippen molar-refractivity contribution in [2.24, 2.45) is 0 Å². The number of carbonyl (C=O) groups excluding carboxylic acids is 1. The average molecular weight is 423 g/mol. The number of rotatable bonds is 5. The first-order chi connectivity index (χ1) is 13.8. The van der Waals surface area contributed by atoms with Crippen LogP contribution in [0.15, 0.2) is 12.4 Å². The number of hydrogen-bond acceptors (Lipinski definition) is 7. The van der Waals surface area contributed by atoms with Crippen LogP contribution in [0.4, 0.5) is 16.4 Å². The lowest BCUT2D eigenvalue weighted by molar-refractivity contribution is 0.177. The van der Waals surface area contributed by atoms with Crippen molar-refractivity contribution in [2.45, 2.75) is 50.2 Å². The van der Waals surface area contributed by atoms with Gasteiger partial charge in [0, 0.05) is 51.4 Å². The molecule has 1 N–H and O–H groups in total. The van der Waals surface area contributed by atoms with Gasteiger partial charge in [-0.1, -0.05) is 0 Å². The van der Waals surface area contributed by atoms with Gasteiger partial charge in [-0.3, -0.25) is 0 Å². The molecule has 2 aliphatic heterocycles. The van der Waals surface area contributed by atoms with E-state index in [0.717, 1.165) is 24.5 Å². The van der Waals surface area contributed by atoms with Gasteiger partial charge in [0.15, 0.2) is 9.84 Å². The van der Waals surface area contributed by atoms with Gasteiger partial charge in [0.05, 0.1) is 11.5 Å². The molecule has 1 aromatic heterocycles.